The van der Waals surface area contributed by atoms with Crippen molar-refractivity contribution < 1.29 is 9.59 Å². The van der Waals surface area contributed by atoms with E-state index in [0.29, 0.717) is 28.9 Å². The van der Waals surface area contributed by atoms with Crippen LogP contribution in [0.15, 0.2) is 58.3 Å². The lowest BCUT2D eigenvalue weighted by atomic mass is 10.2. The van der Waals surface area contributed by atoms with Gasteiger partial charge in [0.15, 0.2) is 0 Å². The third-order valence-electron chi connectivity index (χ3n) is 5.42. The van der Waals surface area contributed by atoms with Crippen LogP contribution in [-0.4, -0.2) is 32.8 Å². The maximum Gasteiger partial charge on any atom is 0.263 e. The topological polar surface area (TPSA) is 84.3 Å². The van der Waals surface area contributed by atoms with E-state index in [4.69, 9.17) is 0 Å². The minimum absolute atomic E-state index is 0.129. The number of hydrogen-bond donors (Lipinski definition) is 1. The Hall–Kier alpha value is -3.30. The maximum absolute atomic E-state index is 13.1. The van der Waals surface area contributed by atoms with Gasteiger partial charge in [-0.3, -0.25) is 19.0 Å². The minimum Gasteiger partial charge on any atom is -0.338 e. The Morgan fingerprint density at radius 3 is 2.84 bits per heavy atom. The van der Waals surface area contributed by atoms with E-state index in [1.54, 1.807) is 17.4 Å². The summed E-state index contributed by atoms with van der Waals surface area (Å²) >= 11 is 2.99. The monoisotopic (exact) mass is 464 g/mol. The highest BCUT2D eigenvalue weighted by molar-refractivity contribution is 7.18. The molecule has 0 spiro atoms. The first-order valence-corrected chi connectivity index (χ1v) is 12.0. The Kier molecular flexibility index (Phi) is 5.59. The molecule has 2 amide bonds. The second-order valence-electron chi connectivity index (χ2n) is 7.65. The van der Waals surface area contributed by atoms with Crippen molar-refractivity contribution in [2.45, 2.75) is 25.9 Å². The van der Waals surface area contributed by atoms with Crippen LogP contribution >= 0.6 is 22.7 Å². The van der Waals surface area contributed by atoms with E-state index in [2.05, 4.69) is 10.3 Å². The van der Waals surface area contributed by atoms with Crippen LogP contribution in [0, 0.1) is 0 Å². The van der Waals surface area contributed by atoms with Crippen molar-refractivity contribution in [1.82, 2.24) is 14.5 Å². The van der Waals surface area contributed by atoms with Crippen LogP contribution in [0.4, 0.5) is 5.69 Å². The van der Waals surface area contributed by atoms with Gasteiger partial charge in [0.1, 0.15) is 11.4 Å². The lowest BCUT2D eigenvalue weighted by molar-refractivity contribution is -0.128. The summed E-state index contributed by atoms with van der Waals surface area (Å²) in [5, 5.41) is 7.30. The van der Waals surface area contributed by atoms with Crippen LogP contribution in [0.3, 0.4) is 0 Å². The molecule has 1 aliphatic heterocycles. The Morgan fingerprint density at radius 1 is 1.16 bits per heavy atom. The number of nitrogens with zero attached hydrogens (tertiary/aromatic N) is 3. The molecule has 5 rings (SSSR count). The zero-order valence-electron chi connectivity index (χ0n) is 17.1. The molecule has 162 valence electrons. The zero-order valence-corrected chi connectivity index (χ0v) is 18.7. The van der Waals surface area contributed by atoms with E-state index < -0.39 is 0 Å². The van der Waals surface area contributed by atoms with Gasteiger partial charge in [0.2, 0.25) is 11.8 Å². The molecule has 1 aromatic carbocycles. The molecule has 4 heterocycles. The molecule has 1 aliphatic rings. The van der Waals surface area contributed by atoms with Crippen molar-refractivity contribution in [3.8, 4) is 10.4 Å². The van der Waals surface area contributed by atoms with Gasteiger partial charge >= 0.3 is 0 Å². The van der Waals surface area contributed by atoms with Crippen LogP contribution in [0.2, 0.25) is 0 Å². The highest BCUT2D eigenvalue weighted by atomic mass is 32.1. The SMILES string of the molecule is O=C(Cn1cnc2scc(-c3cccs3)c2c1=O)Nc1cccc(CN2CCCC2=O)c1. The van der Waals surface area contributed by atoms with Gasteiger partial charge < -0.3 is 10.2 Å². The molecule has 1 fully saturated rings. The fourth-order valence-corrected chi connectivity index (χ4v) is 5.61. The van der Waals surface area contributed by atoms with Crippen molar-refractivity contribution in [2.24, 2.45) is 0 Å². The molecule has 32 heavy (non-hydrogen) atoms. The summed E-state index contributed by atoms with van der Waals surface area (Å²) in [4.78, 5) is 45.5. The van der Waals surface area contributed by atoms with E-state index in [-0.39, 0.29) is 23.9 Å². The lowest BCUT2D eigenvalue weighted by Crippen LogP contribution is -2.28. The maximum atomic E-state index is 13.1. The number of carbonyl (C=O) groups is 2. The molecular formula is C23H20N4O3S2. The first-order chi connectivity index (χ1) is 15.6. The van der Waals surface area contributed by atoms with Gasteiger partial charge in [-0.2, -0.15) is 0 Å². The number of anilines is 1. The van der Waals surface area contributed by atoms with Crippen LogP contribution in [0.25, 0.3) is 20.7 Å². The molecule has 0 atom stereocenters. The quantitative estimate of drug-likeness (QED) is 0.468. The van der Waals surface area contributed by atoms with Crippen molar-refractivity contribution in [2.75, 3.05) is 11.9 Å². The number of likely N-dealkylation sites (tertiary alicyclic amines) is 1. The third-order valence-corrected chi connectivity index (χ3v) is 7.21. The van der Waals surface area contributed by atoms with Crippen LogP contribution in [-0.2, 0) is 22.7 Å². The highest BCUT2D eigenvalue weighted by Crippen LogP contribution is 2.33. The number of fused-ring (bicyclic) bond motifs is 1. The van der Waals surface area contributed by atoms with Gasteiger partial charge in [-0.15, -0.1) is 22.7 Å². The van der Waals surface area contributed by atoms with Gasteiger partial charge in [0.05, 0.1) is 11.7 Å². The predicted octanol–water partition coefficient (Wildman–Crippen LogP) is 3.95. The summed E-state index contributed by atoms with van der Waals surface area (Å²) in [6.07, 6.45) is 2.91. The average Bonchev–Trinajstić information content (AvgIpc) is 3.52. The Bertz CT molecular complexity index is 1360. The molecule has 9 heteroatoms. The van der Waals surface area contributed by atoms with E-state index in [9.17, 15) is 14.4 Å². The van der Waals surface area contributed by atoms with Crippen molar-refractivity contribution in [3.05, 3.63) is 69.4 Å². The molecular weight excluding hydrogens is 444 g/mol. The molecule has 0 saturated carbocycles. The van der Waals surface area contributed by atoms with Crippen molar-refractivity contribution in [3.63, 3.8) is 0 Å². The summed E-state index contributed by atoms with van der Waals surface area (Å²) in [6.45, 7) is 1.17. The van der Waals surface area contributed by atoms with Gasteiger partial charge in [0.25, 0.3) is 5.56 Å². The predicted molar refractivity (Wildman–Crippen MR) is 127 cm³/mol. The van der Waals surface area contributed by atoms with E-state index >= 15 is 0 Å². The molecule has 7 nitrogen and oxygen atoms in total. The number of rotatable bonds is 6. The minimum atomic E-state index is -0.310. The van der Waals surface area contributed by atoms with Gasteiger partial charge in [-0.1, -0.05) is 18.2 Å². The summed E-state index contributed by atoms with van der Waals surface area (Å²) in [6, 6.07) is 11.4. The molecule has 0 aliphatic carbocycles. The van der Waals surface area contributed by atoms with Crippen LogP contribution in [0.1, 0.15) is 18.4 Å². The van der Waals surface area contributed by atoms with Crippen molar-refractivity contribution >= 4 is 50.4 Å². The summed E-state index contributed by atoms with van der Waals surface area (Å²) in [5.74, 6) is -0.146. The fourth-order valence-electron chi connectivity index (χ4n) is 3.89. The fraction of sp³-hybridized carbons (Fsp3) is 0.217. The summed E-state index contributed by atoms with van der Waals surface area (Å²) < 4.78 is 1.34. The molecule has 0 unspecified atom stereocenters. The summed E-state index contributed by atoms with van der Waals surface area (Å²) in [7, 11) is 0. The van der Waals surface area contributed by atoms with Crippen LogP contribution < -0.4 is 10.9 Å². The van der Waals surface area contributed by atoms with E-state index in [1.807, 2.05) is 46.0 Å². The average molecular weight is 465 g/mol. The highest BCUT2D eigenvalue weighted by Gasteiger charge is 2.20. The molecule has 3 aromatic heterocycles. The zero-order chi connectivity index (χ0) is 22.1. The van der Waals surface area contributed by atoms with Gasteiger partial charge in [-0.05, 0) is 35.6 Å². The number of thiophene rings is 2. The number of amides is 2. The molecule has 0 bridgehead atoms. The number of nitrogens with one attached hydrogen (secondary N) is 1. The molecule has 4 aromatic rings. The Balaban J connectivity index is 1.33. The van der Waals surface area contributed by atoms with Gasteiger partial charge in [0, 0.05) is 41.0 Å². The first-order valence-electron chi connectivity index (χ1n) is 10.3. The second-order valence-corrected chi connectivity index (χ2v) is 9.46. The molecule has 1 N–H and O–H groups in total. The van der Waals surface area contributed by atoms with E-state index in [0.717, 1.165) is 29.0 Å². The lowest BCUT2D eigenvalue weighted by Gasteiger charge is -2.16. The van der Waals surface area contributed by atoms with Crippen LogP contribution in [0.5, 0.6) is 0 Å². The molecule has 1 saturated heterocycles. The normalized spacial score (nSPS) is 13.8. The first kappa shape index (κ1) is 20.6. The number of aromatic nitrogens is 2. The standard InChI is InChI=1S/C23H20N4O3S2/c28-19(25-16-5-1-4-15(10-16)11-26-8-2-7-20(26)29)12-27-14-24-22-21(23(27)30)17(13-32-22)18-6-3-9-31-18/h1,3-6,9-10,13-14H,2,7-8,11-12H2,(H,25,28). The van der Waals surface area contributed by atoms with E-state index in [1.165, 1.54) is 22.2 Å². The Morgan fingerprint density at radius 2 is 2.06 bits per heavy atom. The summed E-state index contributed by atoms with van der Waals surface area (Å²) in [5.41, 5.74) is 2.22. The Labute approximate surface area is 192 Å². The smallest absolute Gasteiger partial charge is 0.263 e. The van der Waals surface area contributed by atoms with Gasteiger partial charge in [-0.25, -0.2) is 4.98 Å². The van der Waals surface area contributed by atoms with Crippen molar-refractivity contribution in [1.29, 1.82) is 0 Å². The number of benzene rings is 1. The second kappa shape index (κ2) is 8.68. The largest absolute Gasteiger partial charge is 0.338 e. The number of carbonyl (C=O) groups excluding carboxylic acids is 2. The molecule has 0 radical (unpaired) electrons. The third kappa shape index (κ3) is 4.09. The number of hydrogen-bond acceptors (Lipinski definition) is 6.